The SMILES string of the molecule is CC1CCC(C(=O)[C@@H]2C[C@H]2C(=O)O)CC1. The number of ketones is 1. The fraction of sp³-hybridized carbons (Fsp3) is 0.833. The Balaban J connectivity index is 1.85. The highest BCUT2D eigenvalue weighted by Crippen LogP contribution is 2.43. The van der Waals surface area contributed by atoms with Gasteiger partial charge in [-0.2, -0.15) is 0 Å². The number of carboxylic acid groups (broad SMARTS) is 1. The maximum absolute atomic E-state index is 11.9. The molecule has 0 heterocycles. The average Bonchev–Trinajstić information content (AvgIpc) is 2.97. The summed E-state index contributed by atoms with van der Waals surface area (Å²) in [7, 11) is 0. The van der Waals surface area contributed by atoms with E-state index in [1.807, 2.05) is 0 Å². The Labute approximate surface area is 89.9 Å². The van der Waals surface area contributed by atoms with Crippen molar-refractivity contribution in [3.8, 4) is 0 Å². The number of rotatable bonds is 3. The number of Topliss-reactive ketones (excluding diaryl/α,β-unsaturated/α-hetero) is 1. The summed E-state index contributed by atoms with van der Waals surface area (Å²) in [5.74, 6) is -0.177. The number of carbonyl (C=O) groups is 2. The van der Waals surface area contributed by atoms with E-state index in [2.05, 4.69) is 6.92 Å². The van der Waals surface area contributed by atoms with E-state index in [-0.39, 0.29) is 23.5 Å². The molecule has 0 aromatic carbocycles. The van der Waals surface area contributed by atoms with Crippen molar-refractivity contribution in [1.29, 1.82) is 0 Å². The van der Waals surface area contributed by atoms with E-state index in [1.165, 1.54) is 0 Å². The Bertz CT molecular complexity index is 277. The number of aliphatic carboxylic acids is 1. The van der Waals surface area contributed by atoms with Gasteiger partial charge in [0.25, 0.3) is 0 Å². The molecule has 2 saturated carbocycles. The van der Waals surface area contributed by atoms with Crippen LogP contribution < -0.4 is 0 Å². The zero-order valence-corrected chi connectivity index (χ0v) is 9.11. The van der Waals surface area contributed by atoms with Gasteiger partial charge < -0.3 is 5.11 Å². The van der Waals surface area contributed by atoms with Gasteiger partial charge in [-0.25, -0.2) is 0 Å². The molecule has 0 aliphatic heterocycles. The Morgan fingerprint density at radius 1 is 1.07 bits per heavy atom. The van der Waals surface area contributed by atoms with Gasteiger partial charge in [0.15, 0.2) is 0 Å². The van der Waals surface area contributed by atoms with Crippen LogP contribution in [0.2, 0.25) is 0 Å². The monoisotopic (exact) mass is 210 g/mol. The van der Waals surface area contributed by atoms with Crippen molar-refractivity contribution in [2.45, 2.75) is 39.0 Å². The first-order chi connectivity index (χ1) is 7.09. The normalized spacial score (nSPS) is 39.8. The third-order valence-corrected chi connectivity index (χ3v) is 3.89. The molecule has 0 aromatic heterocycles. The van der Waals surface area contributed by atoms with Crippen molar-refractivity contribution in [3.63, 3.8) is 0 Å². The maximum Gasteiger partial charge on any atom is 0.307 e. The summed E-state index contributed by atoms with van der Waals surface area (Å²) in [4.78, 5) is 22.6. The van der Waals surface area contributed by atoms with Crippen LogP contribution >= 0.6 is 0 Å². The van der Waals surface area contributed by atoms with Gasteiger partial charge in [0.2, 0.25) is 0 Å². The zero-order valence-electron chi connectivity index (χ0n) is 9.11. The largest absolute Gasteiger partial charge is 0.481 e. The molecule has 3 nitrogen and oxygen atoms in total. The lowest BCUT2D eigenvalue weighted by molar-refractivity contribution is -0.140. The van der Waals surface area contributed by atoms with Crippen LogP contribution in [0.15, 0.2) is 0 Å². The maximum atomic E-state index is 11.9. The van der Waals surface area contributed by atoms with Crippen LogP contribution in [0.4, 0.5) is 0 Å². The predicted molar refractivity (Wildman–Crippen MR) is 55.4 cm³/mol. The molecule has 15 heavy (non-hydrogen) atoms. The minimum atomic E-state index is -0.794. The highest BCUT2D eigenvalue weighted by atomic mass is 16.4. The van der Waals surface area contributed by atoms with Crippen molar-refractivity contribution in [1.82, 2.24) is 0 Å². The molecule has 2 fully saturated rings. The number of carboxylic acids is 1. The summed E-state index contributed by atoms with van der Waals surface area (Å²) in [5.41, 5.74) is 0. The minimum absolute atomic E-state index is 0.152. The van der Waals surface area contributed by atoms with E-state index < -0.39 is 5.97 Å². The molecular formula is C12H18O3. The predicted octanol–water partition coefficient (Wildman–Crippen LogP) is 2.10. The molecule has 0 amide bonds. The first-order valence-electron chi connectivity index (χ1n) is 5.86. The molecule has 84 valence electrons. The molecule has 0 radical (unpaired) electrons. The van der Waals surface area contributed by atoms with Crippen molar-refractivity contribution >= 4 is 11.8 Å². The second kappa shape index (κ2) is 3.95. The summed E-state index contributed by atoms with van der Waals surface area (Å²) in [6.07, 6.45) is 4.79. The highest BCUT2D eigenvalue weighted by molar-refractivity contribution is 5.92. The third kappa shape index (κ3) is 2.21. The molecule has 2 atom stereocenters. The average molecular weight is 210 g/mol. The molecule has 3 heteroatoms. The van der Waals surface area contributed by atoms with Crippen molar-refractivity contribution in [2.24, 2.45) is 23.7 Å². The molecule has 0 bridgehead atoms. The second-order valence-electron chi connectivity index (χ2n) is 5.15. The molecule has 2 aliphatic rings. The third-order valence-electron chi connectivity index (χ3n) is 3.89. The Hall–Kier alpha value is -0.860. The smallest absolute Gasteiger partial charge is 0.307 e. The van der Waals surface area contributed by atoms with Gasteiger partial charge in [-0.15, -0.1) is 0 Å². The molecule has 0 spiro atoms. The van der Waals surface area contributed by atoms with Gasteiger partial charge in [0.1, 0.15) is 5.78 Å². The lowest BCUT2D eigenvalue weighted by atomic mass is 9.79. The van der Waals surface area contributed by atoms with Gasteiger partial charge in [0.05, 0.1) is 5.92 Å². The lowest BCUT2D eigenvalue weighted by Gasteiger charge is -2.25. The first kappa shape index (κ1) is 10.7. The van der Waals surface area contributed by atoms with E-state index >= 15 is 0 Å². The Morgan fingerprint density at radius 3 is 2.13 bits per heavy atom. The molecule has 0 saturated heterocycles. The fourth-order valence-electron chi connectivity index (χ4n) is 2.63. The van der Waals surface area contributed by atoms with E-state index in [9.17, 15) is 9.59 Å². The van der Waals surface area contributed by atoms with Crippen LogP contribution in [-0.2, 0) is 9.59 Å². The van der Waals surface area contributed by atoms with Crippen LogP contribution in [0.25, 0.3) is 0 Å². The molecule has 2 rings (SSSR count). The van der Waals surface area contributed by atoms with Gasteiger partial charge in [-0.3, -0.25) is 9.59 Å². The second-order valence-corrected chi connectivity index (χ2v) is 5.15. The lowest BCUT2D eigenvalue weighted by Crippen LogP contribution is -2.23. The summed E-state index contributed by atoms with van der Waals surface area (Å²) >= 11 is 0. The van der Waals surface area contributed by atoms with Crippen molar-refractivity contribution in [3.05, 3.63) is 0 Å². The molecule has 1 N–H and O–H groups in total. The van der Waals surface area contributed by atoms with Crippen LogP contribution in [-0.4, -0.2) is 16.9 Å². The number of hydrogen-bond acceptors (Lipinski definition) is 2. The van der Waals surface area contributed by atoms with Crippen molar-refractivity contribution < 1.29 is 14.7 Å². The van der Waals surface area contributed by atoms with Gasteiger partial charge in [-0.1, -0.05) is 19.8 Å². The summed E-state index contributed by atoms with van der Waals surface area (Å²) < 4.78 is 0. The molecule has 0 unspecified atom stereocenters. The molecule has 0 aromatic rings. The Kier molecular flexibility index (Phi) is 2.81. The zero-order chi connectivity index (χ0) is 11.0. The van der Waals surface area contributed by atoms with E-state index in [1.54, 1.807) is 0 Å². The topological polar surface area (TPSA) is 54.4 Å². The molecular weight excluding hydrogens is 192 g/mol. The van der Waals surface area contributed by atoms with Crippen LogP contribution in [0, 0.1) is 23.7 Å². The first-order valence-corrected chi connectivity index (χ1v) is 5.86. The Morgan fingerprint density at radius 2 is 1.67 bits per heavy atom. The number of hydrogen-bond donors (Lipinski definition) is 1. The summed E-state index contributed by atoms with van der Waals surface area (Å²) in [6.45, 7) is 2.22. The quantitative estimate of drug-likeness (QED) is 0.776. The van der Waals surface area contributed by atoms with E-state index in [0.717, 1.165) is 31.6 Å². The standard InChI is InChI=1S/C12H18O3/c1-7-2-4-8(5-3-7)11(13)9-6-10(9)12(14)15/h7-10H,2-6H2,1H3,(H,14,15)/t7?,8?,9-,10-/m1/s1. The van der Waals surface area contributed by atoms with Crippen LogP contribution in [0.3, 0.4) is 0 Å². The van der Waals surface area contributed by atoms with E-state index in [0.29, 0.717) is 6.42 Å². The van der Waals surface area contributed by atoms with Gasteiger partial charge in [0, 0.05) is 11.8 Å². The minimum Gasteiger partial charge on any atom is -0.481 e. The van der Waals surface area contributed by atoms with Gasteiger partial charge >= 0.3 is 5.97 Å². The van der Waals surface area contributed by atoms with Gasteiger partial charge in [-0.05, 0) is 25.2 Å². The summed E-state index contributed by atoms with van der Waals surface area (Å²) in [5, 5.41) is 8.76. The summed E-state index contributed by atoms with van der Waals surface area (Å²) in [6, 6.07) is 0. The highest BCUT2D eigenvalue weighted by Gasteiger charge is 2.49. The van der Waals surface area contributed by atoms with Crippen LogP contribution in [0.5, 0.6) is 0 Å². The van der Waals surface area contributed by atoms with Crippen molar-refractivity contribution in [2.75, 3.05) is 0 Å². The van der Waals surface area contributed by atoms with E-state index in [4.69, 9.17) is 5.11 Å². The fourth-order valence-corrected chi connectivity index (χ4v) is 2.63. The number of carbonyl (C=O) groups excluding carboxylic acids is 1. The van der Waals surface area contributed by atoms with Crippen LogP contribution in [0.1, 0.15) is 39.0 Å². The molecule has 2 aliphatic carbocycles.